The van der Waals surface area contributed by atoms with Crippen LogP contribution in [0.5, 0.6) is 0 Å². The number of carbonyl (C=O) groups is 1. The van der Waals surface area contributed by atoms with Crippen molar-refractivity contribution in [1.82, 2.24) is 29.8 Å². The molecule has 0 radical (unpaired) electrons. The monoisotopic (exact) mass is 390 g/mol. The average molecular weight is 391 g/mol. The summed E-state index contributed by atoms with van der Waals surface area (Å²) in [5.41, 5.74) is -0.939. The molecule has 130 valence electrons. The lowest BCUT2D eigenvalue weighted by Gasteiger charge is -2.04. The Morgan fingerprint density at radius 1 is 1.32 bits per heavy atom. The molecule has 0 saturated heterocycles. The van der Waals surface area contributed by atoms with Crippen LogP contribution in [0.2, 0.25) is 5.02 Å². The summed E-state index contributed by atoms with van der Waals surface area (Å²) in [7, 11) is 0. The molecule has 3 aromatic heterocycles. The zero-order valence-electron chi connectivity index (χ0n) is 12.1. The predicted octanol–water partition coefficient (Wildman–Crippen LogP) is 2.96. The predicted molar refractivity (Wildman–Crippen MR) is 80.7 cm³/mol. The van der Waals surface area contributed by atoms with Crippen LogP contribution in [0.25, 0.3) is 5.82 Å². The van der Waals surface area contributed by atoms with E-state index in [2.05, 4.69) is 20.4 Å². The van der Waals surface area contributed by atoms with Crippen molar-refractivity contribution in [2.24, 2.45) is 0 Å². The summed E-state index contributed by atoms with van der Waals surface area (Å²) < 4.78 is 39.7. The van der Waals surface area contributed by atoms with Crippen molar-refractivity contribution in [2.75, 3.05) is 0 Å². The molecule has 0 aliphatic carbocycles. The van der Waals surface area contributed by atoms with E-state index in [-0.39, 0.29) is 28.8 Å². The Hall–Kier alpha value is -2.46. The molecule has 25 heavy (non-hydrogen) atoms. The minimum Gasteiger partial charge on any atom is -0.274 e. The van der Waals surface area contributed by atoms with Crippen LogP contribution in [-0.2, 0) is 12.7 Å². The van der Waals surface area contributed by atoms with Crippen molar-refractivity contribution in [2.45, 2.75) is 12.7 Å². The Kier molecular flexibility index (Phi) is 4.48. The molecule has 0 spiro atoms. The highest BCUT2D eigenvalue weighted by molar-refractivity contribution is 6.67. The zero-order valence-corrected chi connectivity index (χ0v) is 13.6. The van der Waals surface area contributed by atoms with Gasteiger partial charge in [-0.05, 0) is 29.8 Å². The van der Waals surface area contributed by atoms with Crippen molar-refractivity contribution in [3.05, 3.63) is 52.7 Å². The van der Waals surface area contributed by atoms with E-state index in [4.69, 9.17) is 23.2 Å². The molecule has 12 heteroatoms. The molecule has 3 rings (SSSR count). The number of alkyl halides is 3. The molecule has 0 aliphatic heterocycles. The lowest BCUT2D eigenvalue weighted by atomic mass is 10.3. The average Bonchev–Trinajstić information content (AvgIpc) is 3.15. The van der Waals surface area contributed by atoms with E-state index in [9.17, 15) is 18.0 Å². The number of pyridine rings is 1. The van der Waals surface area contributed by atoms with Crippen molar-refractivity contribution in [3.63, 3.8) is 0 Å². The third-order valence-electron chi connectivity index (χ3n) is 3.05. The van der Waals surface area contributed by atoms with Gasteiger partial charge in [-0.25, -0.2) is 14.3 Å². The van der Waals surface area contributed by atoms with Crippen LogP contribution in [0.15, 0.2) is 30.6 Å². The second kappa shape index (κ2) is 6.45. The molecule has 3 heterocycles. The minimum atomic E-state index is -4.60. The molecule has 0 unspecified atom stereocenters. The maximum absolute atomic E-state index is 12.6. The Morgan fingerprint density at radius 2 is 2.08 bits per heavy atom. The van der Waals surface area contributed by atoms with Crippen LogP contribution in [0.3, 0.4) is 0 Å². The minimum absolute atomic E-state index is 0.0339. The third-order valence-corrected chi connectivity index (χ3v) is 3.54. The Balaban J connectivity index is 1.96. The zero-order chi connectivity index (χ0) is 18.2. The van der Waals surface area contributed by atoms with E-state index in [1.165, 1.54) is 12.3 Å². The quantitative estimate of drug-likeness (QED) is 0.639. The second-order valence-corrected chi connectivity index (χ2v) is 5.56. The van der Waals surface area contributed by atoms with Gasteiger partial charge in [0.1, 0.15) is 5.69 Å². The maximum Gasteiger partial charge on any atom is 0.436 e. The molecule has 0 aromatic carbocycles. The first-order valence-corrected chi connectivity index (χ1v) is 7.38. The maximum atomic E-state index is 12.6. The molecule has 0 aliphatic rings. The number of hydrogen-bond donors (Lipinski definition) is 0. The number of nitrogens with zero attached hydrogens (tertiary/aromatic N) is 6. The fourth-order valence-corrected chi connectivity index (χ4v) is 2.35. The molecule has 0 bridgehead atoms. The van der Waals surface area contributed by atoms with Crippen LogP contribution in [-0.4, -0.2) is 35.0 Å². The highest BCUT2D eigenvalue weighted by Gasteiger charge is 2.34. The van der Waals surface area contributed by atoms with Gasteiger partial charge in [0.05, 0.1) is 23.5 Å². The Labute approximate surface area is 148 Å². The van der Waals surface area contributed by atoms with Gasteiger partial charge in [0.2, 0.25) is 0 Å². The fraction of sp³-hybridized carbons (Fsp3) is 0.154. The molecular formula is C13H7Cl2F3N6O. The molecule has 7 nitrogen and oxygen atoms in total. The van der Waals surface area contributed by atoms with Crippen molar-refractivity contribution in [1.29, 1.82) is 0 Å². The summed E-state index contributed by atoms with van der Waals surface area (Å²) >= 11 is 11.6. The van der Waals surface area contributed by atoms with Gasteiger partial charge in [0.25, 0.3) is 5.24 Å². The number of hydrogen-bond acceptors (Lipinski definition) is 5. The summed E-state index contributed by atoms with van der Waals surface area (Å²) in [4.78, 5) is 15.6. The van der Waals surface area contributed by atoms with E-state index < -0.39 is 17.1 Å². The SMILES string of the molecule is O=C(Cl)c1cc(Cn2cc(C(F)(F)F)nn2)nn1-c1ncccc1Cl. The highest BCUT2D eigenvalue weighted by Crippen LogP contribution is 2.27. The summed E-state index contributed by atoms with van der Waals surface area (Å²) in [5.74, 6) is 0.161. The summed E-state index contributed by atoms with van der Waals surface area (Å²) in [6.07, 6.45) is -2.43. The van der Waals surface area contributed by atoms with Crippen LogP contribution in [0.1, 0.15) is 21.9 Å². The number of rotatable bonds is 4. The summed E-state index contributed by atoms with van der Waals surface area (Å²) in [6.45, 7) is -0.155. The van der Waals surface area contributed by atoms with Gasteiger partial charge >= 0.3 is 6.18 Å². The Bertz CT molecular complexity index is 936. The van der Waals surface area contributed by atoms with E-state index in [1.54, 1.807) is 12.1 Å². The van der Waals surface area contributed by atoms with Gasteiger partial charge < -0.3 is 0 Å². The summed E-state index contributed by atoms with van der Waals surface area (Å²) in [5, 5.41) is 9.96. The van der Waals surface area contributed by atoms with Crippen LogP contribution in [0.4, 0.5) is 13.2 Å². The standard InChI is InChI=1S/C13H7Cl2F3N6O/c14-8-2-1-3-19-12(8)24-9(11(15)25)4-7(21-24)5-23-6-10(20-22-23)13(16,17)18/h1-4,6H,5H2. The van der Waals surface area contributed by atoms with Gasteiger partial charge in [-0.1, -0.05) is 16.8 Å². The van der Waals surface area contributed by atoms with E-state index >= 15 is 0 Å². The van der Waals surface area contributed by atoms with Crippen LogP contribution in [0, 0.1) is 0 Å². The van der Waals surface area contributed by atoms with Crippen LogP contribution >= 0.6 is 23.2 Å². The molecule has 0 saturated carbocycles. The molecule has 0 amide bonds. The second-order valence-electron chi connectivity index (χ2n) is 4.81. The van der Waals surface area contributed by atoms with Gasteiger partial charge in [-0.15, -0.1) is 5.10 Å². The van der Waals surface area contributed by atoms with Gasteiger partial charge in [-0.3, -0.25) is 4.79 Å². The smallest absolute Gasteiger partial charge is 0.274 e. The topological polar surface area (TPSA) is 78.5 Å². The van der Waals surface area contributed by atoms with Gasteiger partial charge in [0, 0.05) is 6.20 Å². The fourth-order valence-electron chi connectivity index (χ4n) is 2.01. The van der Waals surface area contributed by atoms with Crippen molar-refractivity contribution in [3.8, 4) is 5.82 Å². The first kappa shape index (κ1) is 17.4. The number of carbonyl (C=O) groups excluding carboxylic acids is 1. The van der Waals surface area contributed by atoms with Crippen molar-refractivity contribution < 1.29 is 18.0 Å². The molecule has 0 fully saturated rings. The molecule has 3 aromatic rings. The largest absolute Gasteiger partial charge is 0.436 e. The highest BCUT2D eigenvalue weighted by atomic mass is 35.5. The normalized spacial score (nSPS) is 11.7. The molecule has 0 atom stereocenters. The number of aromatic nitrogens is 6. The van der Waals surface area contributed by atoms with E-state index in [1.807, 2.05) is 0 Å². The van der Waals surface area contributed by atoms with Crippen LogP contribution < -0.4 is 0 Å². The van der Waals surface area contributed by atoms with Crippen molar-refractivity contribution >= 4 is 28.4 Å². The van der Waals surface area contributed by atoms with E-state index in [0.717, 1.165) is 15.6 Å². The van der Waals surface area contributed by atoms with E-state index in [0.29, 0.717) is 0 Å². The molecular weight excluding hydrogens is 384 g/mol. The third kappa shape index (κ3) is 3.64. The molecule has 0 N–H and O–H groups in total. The van der Waals surface area contributed by atoms with Gasteiger partial charge in [-0.2, -0.15) is 18.3 Å². The number of halogens is 5. The lowest BCUT2D eigenvalue weighted by Crippen LogP contribution is -2.08. The first-order chi connectivity index (χ1) is 11.8. The Morgan fingerprint density at radius 3 is 2.68 bits per heavy atom. The summed E-state index contributed by atoms with van der Waals surface area (Å²) in [6, 6.07) is 4.45. The lowest BCUT2D eigenvalue weighted by molar-refractivity contribution is -0.141. The van der Waals surface area contributed by atoms with Gasteiger partial charge in [0.15, 0.2) is 11.5 Å². The first-order valence-electron chi connectivity index (χ1n) is 6.62.